The van der Waals surface area contributed by atoms with E-state index in [1.807, 2.05) is 6.07 Å². The first-order valence-electron chi connectivity index (χ1n) is 8.29. The molecule has 0 fully saturated rings. The van der Waals surface area contributed by atoms with Gasteiger partial charge in [0.25, 0.3) is 0 Å². The highest BCUT2D eigenvalue weighted by Gasteiger charge is 2.09. The third kappa shape index (κ3) is 4.58. The van der Waals surface area contributed by atoms with Crippen molar-refractivity contribution in [3.63, 3.8) is 0 Å². The molecule has 27 heavy (non-hydrogen) atoms. The molecule has 5 heteroatoms. The summed E-state index contributed by atoms with van der Waals surface area (Å²) in [7, 11) is 0. The van der Waals surface area contributed by atoms with Crippen LogP contribution >= 0.6 is 0 Å². The lowest BCUT2D eigenvalue weighted by Gasteiger charge is -2.09. The number of halogens is 1. The van der Waals surface area contributed by atoms with Crippen molar-refractivity contribution in [2.24, 2.45) is 0 Å². The molecule has 0 aromatic heterocycles. The lowest BCUT2D eigenvalue weighted by atomic mass is 9.99. The first-order valence-corrected chi connectivity index (χ1v) is 8.29. The standard InChI is InChI=1S/C22H17FO4/c1-14(24)26-19-8-3-16(4-9-19)18-7-12-21(22(23)13-18)17-5-10-20(11-6-17)27-15(2)25/h3-13H,1-2H3. The number of hydrogen-bond acceptors (Lipinski definition) is 4. The highest BCUT2D eigenvalue weighted by molar-refractivity contribution is 5.73. The van der Waals surface area contributed by atoms with Crippen LogP contribution in [0.4, 0.5) is 4.39 Å². The van der Waals surface area contributed by atoms with E-state index in [9.17, 15) is 14.0 Å². The van der Waals surface area contributed by atoms with Crippen molar-refractivity contribution in [3.05, 3.63) is 72.5 Å². The molecular formula is C22H17FO4. The minimum atomic E-state index is -0.405. The third-order valence-corrected chi connectivity index (χ3v) is 3.85. The van der Waals surface area contributed by atoms with Crippen LogP contribution < -0.4 is 9.47 Å². The van der Waals surface area contributed by atoms with Crippen LogP contribution in [-0.4, -0.2) is 11.9 Å². The van der Waals surface area contributed by atoms with E-state index in [2.05, 4.69) is 0 Å². The van der Waals surface area contributed by atoms with Crippen molar-refractivity contribution in [1.82, 2.24) is 0 Å². The van der Waals surface area contributed by atoms with Crippen molar-refractivity contribution in [2.75, 3.05) is 0 Å². The fourth-order valence-corrected chi connectivity index (χ4v) is 2.68. The Morgan fingerprint density at radius 3 is 1.56 bits per heavy atom. The van der Waals surface area contributed by atoms with E-state index in [1.54, 1.807) is 54.6 Å². The Kier molecular flexibility index (Phi) is 5.31. The summed E-state index contributed by atoms with van der Waals surface area (Å²) in [4.78, 5) is 21.9. The molecule has 0 aliphatic carbocycles. The van der Waals surface area contributed by atoms with Gasteiger partial charge < -0.3 is 9.47 Å². The summed E-state index contributed by atoms with van der Waals surface area (Å²) in [5.41, 5.74) is 2.65. The molecule has 0 saturated carbocycles. The molecule has 0 spiro atoms. The van der Waals surface area contributed by atoms with Crippen LogP contribution in [0, 0.1) is 5.82 Å². The molecule has 3 rings (SSSR count). The Bertz CT molecular complexity index is 976. The molecule has 136 valence electrons. The number of benzene rings is 3. The molecule has 0 atom stereocenters. The number of carbonyl (C=O) groups excluding carboxylic acids is 2. The minimum Gasteiger partial charge on any atom is -0.427 e. The predicted molar refractivity (Wildman–Crippen MR) is 99.9 cm³/mol. The van der Waals surface area contributed by atoms with E-state index >= 15 is 0 Å². The van der Waals surface area contributed by atoms with Gasteiger partial charge in [0.1, 0.15) is 17.3 Å². The highest BCUT2D eigenvalue weighted by Crippen LogP contribution is 2.30. The quantitative estimate of drug-likeness (QED) is 0.482. The van der Waals surface area contributed by atoms with Crippen molar-refractivity contribution in [2.45, 2.75) is 13.8 Å². The van der Waals surface area contributed by atoms with Crippen LogP contribution in [0.1, 0.15) is 13.8 Å². The van der Waals surface area contributed by atoms with Crippen LogP contribution in [0.15, 0.2) is 66.7 Å². The van der Waals surface area contributed by atoms with E-state index < -0.39 is 11.9 Å². The molecule has 3 aromatic carbocycles. The van der Waals surface area contributed by atoms with Crippen LogP contribution in [0.2, 0.25) is 0 Å². The average Bonchev–Trinajstić information content (AvgIpc) is 2.62. The number of rotatable bonds is 4. The Hall–Kier alpha value is -3.47. The van der Waals surface area contributed by atoms with Gasteiger partial charge in [0.05, 0.1) is 0 Å². The van der Waals surface area contributed by atoms with Gasteiger partial charge in [-0.2, -0.15) is 0 Å². The number of carbonyl (C=O) groups is 2. The summed E-state index contributed by atoms with van der Waals surface area (Å²) in [5, 5.41) is 0. The molecule has 0 bridgehead atoms. The van der Waals surface area contributed by atoms with E-state index in [0.29, 0.717) is 28.2 Å². The average molecular weight is 364 g/mol. The summed E-state index contributed by atoms with van der Waals surface area (Å²) in [5.74, 6) is -0.306. The summed E-state index contributed by atoms with van der Waals surface area (Å²) < 4.78 is 24.6. The number of ether oxygens (including phenoxy) is 2. The molecule has 4 nitrogen and oxygen atoms in total. The van der Waals surface area contributed by atoms with Crippen LogP contribution in [-0.2, 0) is 9.59 Å². The molecule has 0 amide bonds. The van der Waals surface area contributed by atoms with Crippen molar-refractivity contribution in [3.8, 4) is 33.8 Å². The summed E-state index contributed by atoms with van der Waals surface area (Å²) in [6, 6.07) is 18.5. The van der Waals surface area contributed by atoms with E-state index in [4.69, 9.17) is 9.47 Å². The van der Waals surface area contributed by atoms with Gasteiger partial charge in [0.2, 0.25) is 0 Å². The summed E-state index contributed by atoms with van der Waals surface area (Å²) >= 11 is 0. The Balaban J connectivity index is 1.83. The van der Waals surface area contributed by atoms with Gasteiger partial charge in [-0.25, -0.2) is 4.39 Å². The van der Waals surface area contributed by atoms with E-state index in [1.165, 1.54) is 19.9 Å². The van der Waals surface area contributed by atoms with Gasteiger partial charge in [-0.05, 0) is 47.0 Å². The maximum atomic E-state index is 14.6. The molecule has 0 radical (unpaired) electrons. The number of esters is 2. The second-order valence-corrected chi connectivity index (χ2v) is 5.93. The second kappa shape index (κ2) is 7.83. The second-order valence-electron chi connectivity index (χ2n) is 5.93. The van der Waals surface area contributed by atoms with Gasteiger partial charge >= 0.3 is 11.9 Å². The Morgan fingerprint density at radius 2 is 1.11 bits per heavy atom. The van der Waals surface area contributed by atoms with E-state index in [-0.39, 0.29) is 5.82 Å². The largest absolute Gasteiger partial charge is 0.427 e. The molecule has 3 aromatic rings. The summed E-state index contributed by atoms with van der Waals surface area (Å²) in [6.45, 7) is 2.66. The molecule has 0 N–H and O–H groups in total. The maximum absolute atomic E-state index is 14.6. The van der Waals surface area contributed by atoms with Gasteiger partial charge in [-0.3, -0.25) is 9.59 Å². The lowest BCUT2D eigenvalue weighted by molar-refractivity contribution is -0.132. The number of hydrogen-bond donors (Lipinski definition) is 0. The van der Waals surface area contributed by atoms with Crippen LogP contribution in [0.3, 0.4) is 0 Å². The van der Waals surface area contributed by atoms with Crippen molar-refractivity contribution >= 4 is 11.9 Å². The fraction of sp³-hybridized carbons (Fsp3) is 0.0909. The van der Waals surface area contributed by atoms with Crippen molar-refractivity contribution in [1.29, 1.82) is 0 Å². The first kappa shape index (κ1) is 18.3. The third-order valence-electron chi connectivity index (χ3n) is 3.85. The normalized spacial score (nSPS) is 10.3. The Morgan fingerprint density at radius 1 is 0.667 bits per heavy atom. The first-order chi connectivity index (χ1) is 12.9. The van der Waals surface area contributed by atoms with Gasteiger partial charge in [-0.1, -0.05) is 36.4 Å². The van der Waals surface area contributed by atoms with Gasteiger partial charge in [0.15, 0.2) is 0 Å². The van der Waals surface area contributed by atoms with Crippen LogP contribution in [0.25, 0.3) is 22.3 Å². The smallest absolute Gasteiger partial charge is 0.308 e. The molecule has 0 aliphatic heterocycles. The van der Waals surface area contributed by atoms with E-state index in [0.717, 1.165) is 5.56 Å². The van der Waals surface area contributed by atoms with Gasteiger partial charge in [-0.15, -0.1) is 0 Å². The zero-order chi connectivity index (χ0) is 19.4. The molecule has 0 saturated heterocycles. The maximum Gasteiger partial charge on any atom is 0.308 e. The zero-order valence-electron chi connectivity index (χ0n) is 14.9. The SMILES string of the molecule is CC(=O)Oc1ccc(-c2ccc(-c3ccc(OC(C)=O)cc3)c(F)c2)cc1. The minimum absolute atomic E-state index is 0.364. The topological polar surface area (TPSA) is 52.6 Å². The van der Waals surface area contributed by atoms with Gasteiger partial charge in [0, 0.05) is 19.4 Å². The predicted octanol–water partition coefficient (Wildman–Crippen LogP) is 5.01. The van der Waals surface area contributed by atoms with Crippen LogP contribution in [0.5, 0.6) is 11.5 Å². The summed E-state index contributed by atoms with van der Waals surface area (Å²) in [6.07, 6.45) is 0. The molecule has 0 aliphatic rings. The molecule has 0 heterocycles. The Labute approximate surface area is 156 Å². The fourth-order valence-electron chi connectivity index (χ4n) is 2.68. The molecular weight excluding hydrogens is 347 g/mol. The highest BCUT2D eigenvalue weighted by atomic mass is 19.1. The van der Waals surface area contributed by atoms with Crippen molar-refractivity contribution < 1.29 is 23.5 Å². The monoisotopic (exact) mass is 364 g/mol. The lowest BCUT2D eigenvalue weighted by Crippen LogP contribution is -2.01. The zero-order valence-corrected chi connectivity index (χ0v) is 14.9. The molecule has 0 unspecified atom stereocenters.